The Kier molecular flexibility index (Phi) is 4.77. The Morgan fingerprint density at radius 2 is 1.86 bits per heavy atom. The van der Waals surface area contributed by atoms with Gasteiger partial charge in [0.1, 0.15) is 4.90 Å². The molecule has 0 aliphatic heterocycles. The van der Waals surface area contributed by atoms with Gasteiger partial charge in [-0.25, -0.2) is 18.5 Å². The molecule has 21 heavy (non-hydrogen) atoms. The molecular weight excluding hydrogens is 292 g/mol. The maximum atomic E-state index is 11.5. The minimum absolute atomic E-state index is 0.0763. The number of sulfonamides is 1. The maximum Gasteiger partial charge on any atom is 0.243 e. The van der Waals surface area contributed by atoms with Crippen molar-refractivity contribution >= 4 is 10.0 Å². The first-order chi connectivity index (χ1) is 10.0. The lowest BCUT2D eigenvalue weighted by atomic mass is 10.3. The number of primary sulfonamides is 1. The van der Waals surface area contributed by atoms with Crippen molar-refractivity contribution in [2.24, 2.45) is 5.14 Å². The standard InChI is InChI=1S/C14H16N2O4S/c1-2-10-19-11-6-3-4-7-12(11)20-14-13(21(15,17)18)8-5-9-16-14/h3-9H,2,10H2,1H3,(H2,15,17,18). The molecule has 0 unspecified atom stereocenters. The molecule has 6 nitrogen and oxygen atoms in total. The normalized spacial score (nSPS) is 11.1. The highest BCUT2D eigenvalue weighted by Gasteiger charge is 2.17. The molecule has 0 bridgehead atoms. The topological polar surface area (TPSA) is 91.5 Å². The molecule has 2 N–H and O–H groups in total. The minimum atomic E-state index is -3.91. The average molecular weight is 308 g/mol. The van der Waals surface area contributed by atoms with Crippen molar-refractivity contribution in [1.82, 2.24) is 4.98 Å². The zero-order valence-corrected chi connectivity index (χ0v) is 12.3. The summed E-state index contributed by atoms with van der Waals surface area (Å²) in [6.07, 6.45) is 2.28. The fourth-order valence-corrected chi connectivity index (χ4v) is 2.25. The summed E-state index contributed by atoms with van der Waals surface area (Å²) in [4.78, 5) is 3.75. The summed E-state index contributed by atoms with van der Waals surface area (Å²) in [7, 11) is -3.91. The fourth-order valence-electron chi connectivity index (χ4n) is 1.64. The first kappa shape index (κ1) is 15.3. The fraction of sp³-hybridized carbons (Fsp3) is 0.214. The van der Waals surface area contributed by atoms with Gasteiger partial charge in [-0.2, -0.15) is 0 Å². The van der Waals surface area contributed by atoms with Crippen molar-refractivity contribution in [3.05, 3.63) is 42.6 Å². The van der Waals surface area contributed by atoms with Gasteiger partial charge >= 0.3 is 0 Å². The Morgan fingerprint density at radius 1 is 1.14 bits per heavy atom. The Hall–Kier alpha value is -2.12. The Labute approximate surface area is 123 Å². The third-order valence-corrected chi connectivity index (χ3v) is 3.48. The summed E-state index contributed by atoms with van der Waals surface area (Å²) in [5.41, 5.74) is 0. The van der Waals surface area contributed by atoms with E-state index >= 15 is 0 Å². The largest absolute Gasteiger partial charge is 0.490 e. The Morgan fingerprint density at radius 3 is 2.52 bits per heavy atom. The number of nitrogens with zero attached hydrogens (tertiary/aromatic N) is 1. The van der Waals surface area contributed by atoms with E-state index in [2.05, 4.69) is 4.98 Å². The van der Waals surface area contributed by atoms with Crippen molar-refractivity contribution in [2.75, 3.05) is 6.61 Å². The van der Waals surface area contributed by atoms with Gasteiger partial charge in [-0.1, -0.05) is 19.1 Å². The molecule has 0 spiro atoms. The van der Waals surface area contributed by atoms with Crippen LogP contribution in [0.15, 0.2) is 47.5 Å². The van der Waals surface area contributed by atoms with Gasteiger partial charge in [-0.3, -0.25) is 0 Å². The van der Waals surface area contributed by atoms with E-state index < -0.39 is 10.0 Å². The molecule has 0 fully saturated rings. The highest BCUT2D eigenvalue weighted by Crippen LogP contribution is 2.32. The van der Waals surface area contributed by atoms with Crippen molar-refractivity contribution in [3.8, 4) is 17.4 Å². The third-order valence-electron chi connectivity index (χ3n) is 2.56. The lowest BCUT2D eigenvalue weighted by Crippen LogP contribution is -2.13. The number of pyridine rings is 1. The second-order valence-corrected chi connectivity index (χ2v) is 5.78. The summed E-state index contributed by atoms with van der Waals surface area (Å²) >= 11 is 0. The number of hydrogen-bond acceptors (Lipinski definition) is 5. The van der Waals surface area contributed by atoms with Gasteiger partial charge < -0.3 is 9.47 Å². The average Bonchev–Trinajstić information content (AvgIpc) is 2.46. The molecule has 1 aromatic heterocycles. The number of hydrogen-bond donors (Lipinski definition) is 1. The molecule has 0 aliphatic rings. The molecule has 0 saturated heterocycles. The van der Waals surface area contributed by atoms with Gasteiger partial charge in [0.05, 0.1) is 6.61 Å². The first-order valence-corrected chi connectivity index (χ1v) is 7.94. The zero-order chi connectivity index (χ0) is 15.3. The molecule has 0 amide bonds. The predicted octanol–water partition coefficient (Wildman–Crippen LogP) is 2.31. The summed E-state index contributed by atoms with van der Waals surface area (Å²) in [5.74, 6) is 0.826. The smallest absolute Gasteiger partial charge is 0.243 e. The van der Waals surface area contributed by atoms with Gasteiger partial charge in [0.25, 0.3) is 0 Å². The highest BCUT2D eigenvalue weighted by atomic mass is 32.2. The van der Waals surface area contributed by atoms with Crippen LogP contribution in [-0.4, -0.2) is 20.0 Å². The van der Waals surface area contributed by atoms with E-state index in [1.165, 1.54) is 18.3 Å². The number of ether oxygens (including phenoxy) is 2. The first-order valence-electron chi connectivity index (χ1n) is 6.40. The number of nitrogens with two attached hydrogens (primary N) is 1. The van der Waals surface area contributed by atoms with Crippen LogP contribution in [0.1, 0.15) is 13.3 Å². The summed E-state index contributed by atoms with van der Waals surface area (Å²) in [6.45, 7) is 2.52. The number of benzene rings is 1. The van der Waals surface area contributed by atoms with E-state index in [-0.39, 0.29) is 10.8 Å². The lowest BCUT2D eigenvalue weighted by Gasteiger charge is -2.12. The van der Waals surface area contributed by atoms with Crippen molar-refractivity contribution < 1.29 is 17.9 Å². The Balaban J connectivity index is 2.35. The molecule has 2 rings (SSSR count). The van der Waals surface area contributed by atoms with E-state index in [0.29, 0.717) is 18.1 Å². The second kappa shape index (κ2) is 6.55. The van der Waals surface area contributed by atoms with Gasteiger partial charge in [0.15, 0.2) is 11.5 Å². The predicted molar refractivity (Wildman–Crippen MR) is 77.9 cm³/mol. The van der Waals surface area contributed by atoms with Crippen LogP contribution in [0.4, 0.5) is 0 Å². The van der Waals surface area contributed by atoms with Crippen LogP contribution < -0.4 is 14.6 Å². The number of aromatic nitrogens is 1. The molecular formula is C14H16N2O4S. The molecule has 1 aromatic carbocycles. The van der Waals surface area contributed by atoms with E-state index in [1.807, 2.05) is 6.92 Å². The van der Waals surface area contributed by atoms with Crippen molar-refractivity contribution in [2.45, 2.75) is 18.2 Å². The van der Waals surface area contributed by atoms with Crippen LogP contribution in [0.25, 0.3) is 0 Å². The van der Waals surface area contributed by atoms with E-state index in [0.717, 1.165) is 6.42 Å². The van der Waals surface area contributed by atoms with E-state index in [9.17, 15) is 8.42 Å². The molecule has 112 valence electrons. The highest BCUT2D eigenvalue weighted by molar-refractivity contribution is 7.89. The third kappa shape index (κ3) is 3.93. The monoisotopic (exact) mass is 308 g/mol. The minimum Gasteiger partial charge on any atom is -0.490 e. The van der Waals surface area contributed by atoms with Crippen molar-refractivity contribution in [1.29, 1.82) is 0 Å². The molecule has 2 aromatic rings. The summed E-state index contributed by atoms with van der Waals surface area (Å²) in [5, 5.41) is 5.15. The molecule has 0 aliphatic carbocycles. The number of para-hydroxylation sites is 2. The van der Waals surface area contributed by atoms with Gasteiger partial charge in [-0.05, 0) is 30.7 Å². The molecule has 0 atom stereocenters. The van der Waals surface area contributed by atoms with Crippen LogP contribution >= 0.6 is 0 Å². The SMILES string of the molecule is CCCOc1ccccc1Oc1ncccc1S(N)(=O)=O. The van der Waals surface area contributed by atoms with Crippen LogP contribution in [0.3, 0.4) is 0 Å². The van der Waals surface area contributed by atoms with Gasteiger partial charge in [0, 0.05) is 6.20 Å². The quantitative estimate of drug-likeness (QED) is 0.884. The van der Waals surface area contributed by atoms with Crippen molar-refractivity contribution in [3.63, 3.8) is 0 Å². The summed E-state index contributed by atoms with van der Waals surface area (Å²) < 4.78 is 34.2. The zero-order valence-electron chi connectivity index (χ0n) is 11.5. The van der Waals surface area contributed by atoms with E-state index in [1.54, 1.807) is 24.3 Å². The number of rotatable bonds is 6. The lowest BCUT2D eigenvalue weighted by molar-refractivity contribution is 0.299. The molecule has 0 saturated carbocycles. The molecule has 7 heteroatoms. The Bertz CT molecular complexity index is 716. The van der Waals surface area contributed by atoms with E-state index in [4.69, 9.17) is 14.6 Å². The second-order valence-electron chi connectivity index (χ2n) is 4.25. The van der Waals surface area contributed by atoms with Gasteiger partial charge in [-0.15, -0.1) is 0 Å². The van der Waals surface area contributed by atoms with Gasteiger partial charge in [0.2, 0.25) is 15.9 Å². The van der Waals surface area contributed by atoms with Crippen LogP contribution in [0, 0.1) is 0 Å². The van der Waals surface area contributed by atoms with Crippen LogP contribution in [0.2, 0.25) is 0 Å². The van der Waals surface area contributed by atoms with Crippen LogP contribution in [0.5, 0.6) is 17.4 Å². The molecule has 0 radical (unpaired) electrons. The summed E-state index contributed by atoms with van der Waals surface area (Å²) in [6, 6.07) is 9.79. The molecule has 1 heterocycles. The maximum absolute atomic E-state index is 11.5. The van der Waals surface area contributed by atoms with Crippen LogP contribution in [-0.2, 0) is 10.0 Å².